The van der Waals surface area contributed by atoms with Crippen LogP contribution < -0.4 is 11.1 Å². The van der Waals surface area contributed by atoms with Crippen molar-refractivity contribution in [3.8, 4) is 0 Å². The van der Waals surface area contributed by atoms with E-state index < -0.39 is 0 Å². The van der Waals surface area contributed by atoms with Gasteiger partial charge in [0.05, 0.1) is 6.54 Å². The molecule has 1 saturated heterocycles. The molecule has 0 spiro atoms. The van der Waals surface area contributed by atoms with Gasteiger partial charge >= 0.3 is 0 Å². The van der Waals surface area contributed by atoms with Gasteiger partial charge in [-0.2, -0.15) is 0 Å². The third kappa shape index (κ3) is 2.68. The maximum absolute atomic E-state index is 12.0. The number of hydrogen-bond donors (Lipinski definition) is 2. The molecule has 0 atom stereocenters. The van der Waals surface area contributed by atoms with Crippen molar-refractivity contribution in [3.05, 3.63) is 17.8 Å². The number of nitrogens with zero attached hydrogens (tertiary/aromatic N) is 3. The van der Waals surface area contributed by atoms with Gasteiger partial charge in [0, 0.05) is 13.1 Å². The molecule has 0 radical (unpaired) electrons. The summed E-state index contributed by atoms with van der Waals surface area (Å²) in [6.07, 6.45) is 0.736. The number of rotatable bonds is 1. The van der Waals surface area contributed by atoms with E-state index in [1.165, 1.54) is 17.0 Å². The number of carbonyl (C=O) groups is 2. The monoisotopic (exact) mass is 235 g/mol. The highest BCUT2D eigenvalue weighted by Crippen LogP contribution is 2.05. The standard InChI is InChI=1S/C10H13N5O2/c11-8-3-2-7(13-14-8)10(17)15-5-1-4-12-9(16)6-15/h2-3H,1,4-6H2,(H2,11,14)(H,12,16). The van der Waals surface area contributed by atoms with Gasteiger partial charge in [-0.25, -0.2) is 0 Å². The average molecular weight is 235 g/mol. The van der Waals surface area contributed by atoms with Crippen LogP contribution in [0.3, 0.4) is 0 Å². The number of anilines is 1. The second kappa shape index (κ2) is 4.77. The first-order chi connectivity index (χ1) is 8.16. The molecule has 7 heteroatoms. The van der Waals surface area contributed by atoms with Crippen molar-refractivity contribution in [2.75, 3.05) is 25.4 Å². The lowest BCUT2D eigenvalue weighted by Crippen LogP contribution is -2.37. The number of hydrogen-bond acceptors (Lipinski definition) is 5. The number of nitrogen functional groups attached to an aromatic ring is 1. The number of amides is 2. The molecule has 1 aromatic rings. The quantitative estimate of drug-likeness (QED) is 0.651. The Hall–Kier alpha value is -2.18. The van der Waals surface area contributed by atoms with Gasteiger partial charge in [-0.15, -0.1) is 10.2 Å². The molecule has 1 aliphatic heterocycles. The Labute approximate surface area is 98.0 Å². The molecule has 2 rings (SSSR count). The largest absolute Gasteiger partial charge is 0.382 e. The summed E-state index contributed by atoms with van der Waals surface area (Å²) < 4.78 is 0. The Morgan fingerprint density at radius 3 is 2.94 bits per heavy atom. The molecule has 2 heterocycles. The fourth-order valence-electron chi connectivity index (χ4n) is 1.60. The van der Waals surface area contributed by atoms with E-state index in [4.69, 9.17) is 5.73 Å². The van der Waals surface area contributed by atoms with Gasteiger partial charge in [-0.3, -0.25) is 9.59 Å². The molecule has 3 N–H and O–H groups in total. The van der Waals surface area contributed by atoms with Crippen LogP contribution in [0.5, 0.6) is 0 Å². The lowest BCUT2D eigenvalue weighted by atomic mass is 10.3. The Balaban J connectivity index is 2.13. The SMILES string of the molecule is Nc1ccc(C(=O)N2CCCNC(=O)C2)nn1. The number of carbonyl (C=O) groups excluding carboxylic acids is 2. The van der Waals surface area contributed by atoms with Crippen molar-refractivity contribution < 1.29 is 9.59 Å². The van der Waals surface area contributed by atoms with E-state index in [-0.39, 0.29) is 29.9 Å². The highest BCUT2D eigenvalue weighted by molar-refractivity contribution is 5.95. The number of aromatic nitrogens is 2. The van der Waals surface area contributed by atoms with Crippen LogP contribution in [0.4, 0.5) is 5.82 Å². The maximum Gasteiger partial charge on any atom is 0.274 e. The molecular weight excluding hydrogens is 222 g/mol. The van der Waals surface area contributed by atoms with Crippen LogP contribution in [0.25, 0.3) is 0 Å². The maximum atomic E-state index is 12.0. The van der Waals surface area contributed by atoms with Crippen LogP contribution in [0, 0.1) is 0 Å². The van der Waals surface area contributed by atoms with Crippen molar-refractivity contribution in [2.45, 2.75) is 6.42 Å². The van der Waals surface area contributed by atoms with Crippen molar-refractivity contribution in [3.63, 3.8) is 0 Å². The zero-order chi connectivity index (χ0) is 12.3. The molecule has 0 aromatic carbocycles. The summed E-state index contributed by atoms with van der Waals surface area (Å²) in [5.41, 5.74) is 5.59. The van der Waals surface area contributed by atoms with E-state index in [1.807, 2.05) is 0 Å². The third-order valence-corrected chi connectivity index (χ3v) is 2.45. The van der Waals surface area contributed by atoms with Crippen molar-refractivity contribution >= 4 is 17.6 Å². The summed E-state index contributed by atoms with van der Waals surface area (Å²) in [6, 6.07) is 3.02. The fraction of sp³-hybridized carbons (Fsp3) is 0.400. The van der Waals surface area contributed by atoms with Gasteiger partial charge in [0.1, 0.15) is 5.82 Å². The molecule has 90 valence electrons. The third-order valence-electron chi connectivity index (χ3n) is 2.45. The van der Waals surface area contributed by atoms with Crippen LogP contribution in [0.1, 0.15) is 16.9 Å². The summed E-state index contributed by atoms with van der Waals surface area (Å²) in [7, 11) is 0. The molecule has 0 bridgehead atoms. The molecule has 2 amide bonds. The normalized spacial score (nSPS) is 16.2. The molecule has 7 nitrogen and oxygen atoms in total. The van der Waals surface area contributed by atoms with Gasteiger partial charge in [0.25, 0.3) is 5.91 Å². The van der Waals surface area contributed by atoms with Crippen LogP contribution in [0.15, 0.2) is 12.1 Å². The number of nitrogens with two attached hydrogens (primary N) is 1. The molecule has 0 unspecified atom stereocenters. The van der Waals surface area contributed by atoms with Gasteiger partial charge in [0.15, 0.2) is 5.69 Å². The smallest absolute Gasteiger partial charge is 0.274 e. The summed E-state index contributed by atoms with van der Waals surface area (Å²) in [5.74, 6) is -0.191. The molecule has 0 saturated carbocycles. The predicted molar refractivity (Wildman–Crippen MR) is 60.0 cm³/mol. The molecule has 1 fully saturated rings. The second-order valence-corrected chi connectivity index (χ2v) is 3.77. The van der Waals surface area contributed by atoms with Gasteiger partial charge in [-0.05, 0) is 18.6 Å². The molecular formula is C10H13N5O2. The van der Waals surface area contributed by atoms with Gasteiger partial charge < -0.3 is 16.0 Å². The predicted octanol–water partition coefficient (Wildman–Crippen LogP) is -0.979. The van der Waals surface area contributed by atoms with E-state index >= 15 is 0 Å². The highest BCUT2D eigenvalue weighted by Gasteiger charge is 2.21. The van der Waals surface area contributed by atoms with Crippen molar-refractivity contribution in [1.82, 2.24) is 20.4 Å². The first kappa shape index (κ1) is 11.3. The second-order valence-electron chi connectivity index (χ2n) is 3.77. The van der Waals surface area contributed by atoms with E-state index in [2.05, 4.69) is 15.5 Å². The topological polar surface area (TPSA) is 101 Å². The van der Waals surface area contributed by atoms with Crippen LogP contribution in [-0.4, -0.2) is 46.5 Å². The minimum atomic E-state index is -0.297. The Morgan fingerprint density at radius 1 is 1.41 bits per heavy atom. The van der Waals surface area contributed by atoms with Crippen LogP contribution in [0.2, 0.25) is 0 Å². The minimum Gasteiger partial charge on any atom is -0.382 e. The Morgan fingerprint density at radius 2 is 2.24 bits per heavy atom. The van der Waals surface area contributed by atoms with Crippen LogP contribution in [-0.2, 0) is 4.79 Å². The number of nitrogens with one attached hydrogen (secondary N) is 1. The Kier molecular flexibility index (Phi) is 3.17. The lowest BCUT2D eigenvalue weighted by Gasteiger charge is -2.17. The van der Waals surface area contributed by atoms with Crippen LogP contribution >= 0.6 is 0 Å². The minimum absolute atomic E-state index is 0.0604. The molecule has 17 heavy (non-hydrogen) atoms. The highest BCUT2D eigenvalue weighted by atomic mass is 16.2. The van der Waals surface area contributed by atoms with Gasteiger partial charge in [-0.1, -0.05) is 0 Å². The van der Waals surface area contributed by atoms with E-state index in [0.717, 1.165) is 6.42 Å². The lowest BCUT2D eigenvalue weighted by molar-refractivity contribution is -0.121. The van der Waals surface area contributed by atoms with E-state index in [9.17, 15) is 9.59 Å². The first-order valence-corrected chi connectivity index (χ1v) is 5.32. The zero-order valence-electron chi connectivity index (χ0n) is 9.22. The van der Waals surface area contributed by atoms with E-state index in [1.54, 1.807) is 0 Å². The van der Waals surface area contributed by atoms with E-state index in [0.29, 0.717) is 13.1 Å². The average Bonchev–Trinajstić information content (AvgIpc) is 2.54. The summed E-state index contributed by atoms with van der Waals surface area (Å²) in [4.78, 5) is 24.8. The summed E-state index contributed by atoms with van der Waals surface area (Å²) in [6.45, 7) is 1.19. The summed E-state index contributed by atoms with van der Waals surface area (Å²) in [5, 5.41) is 10.0. The summed E-state index contributed by atoms with van der Waals surface area (Å²) >= 11 is 0. The van der Waals surface area contributed by atoms with Crippen molar-refractivity contribution in [2.24, 2.45) is 0 Å². The molecule has 1 aliphatic rings. The zero-order valence-corrected chi connectivity index (χ0v) is 9.22. The molecule has 1 aromatic heterocycles. The first-order valence-electron chi connectivity index (χ1n) is 5.32. The van der Waals surface area contributed by atoms with Gasteiger partial charge in [0.2, 0.25) is 5.91 Å². The fourth-order valence-corrected chi connectivity index (χ4v) is 1.60. The van der Waals surface area contributed by atoms with Crippen molar-refractivity contribution in [1.29, 1.82) is 0 Å². The Bertz CT molecular complexity index is 431. The molecule has 0 aliphatic carbocycles.